The number of aromatic nitrogens is 3. The third kappa shape index (κ3) is 3.93. The predicted octanol–water partition coefficient (Wildman–Crippen LogP) is 6.53. The molecular formula is C25H24BrClN4O. The first-order chi connectivity index (χ1) is 15.2. The van der Waals surface area contributed by atoms with Crippen LogP contribution >= 0.6 is 27.5 Å². The average Bonchev–Trinajstić information content (AvgIpc) is 3.02. The van der Waals surface area contributed by atoms with E-state index in [1.165, 1.54) is 4.68 Å². The zero-order chi connectivity index (χ0) is 23.2. The smallest absolute Gasteiger partial charge is 0.282 e. The van der Waals surface area contributed by atoms with Gasteiger partial charge in [0, 0.05) is 38.1 Å². The monoisotopic (exact) mass is 510 g/mol. The first-order valence-electron chi connectivity index (χ1n) is 10.4. The Kier molecular flexibility index (Phi) is 6.10. The minimum atomic E-state index is -0.184. The molecule has 32 heavy (non-hydrogen) atoms. The van der Waals surface area contributed by atoms with E-state index in [-0.39, 0.29) is 11.5 Å². The highest BCUT2D eigenvalue weighted by Gasteiger charge is 2.15. The fraction of sp³-hybridized carbons (Fsp3) is 0.240. The third-order valence-corrected chi connectivity index (χ3v) is 6.52. The number of benzene rings is 2. The Hall–Kier alpha value is -2.70. The van der Waals surface area contributed by atoms with Crippen LogP contribution in [0.1, 0.15) is 48.1 Å². The second-order valence-corrected chi connectivity index (χ2v) is 9.52. The van der Waals surface area contributed by atoms with Gasteiger partial charge in [0.1, 0.15) is 5.82 Å². The van der Waals surface area contributed by atoms with Crippen LogP contribution in [-0.2, 0) is 0 Å². The van der Waals surface area contributed by atoms with E-state index in [1.54, 1.807) is 12.3 Å². The quantitative estimate of drug-likeness (QED) is 0.292. The highest BCUT2D eigenvalue weighted by molar-refractivity contribution is 9.10. The number of aryl methyl sites for hydroxylation is 1. The summed E-state index contributed by atoms with van der Waals surface area (Å²) < 4.78 is 4.40. The van der Waals surface area contributed by atoms with Crippen molar-refractivity contribution in [1.82, 2.24) is 14.2 Å². The lowest BCUT2D eigenvalue weighted by Crippen LogP contribution is -2.23. The van der Waals surface area contributed by atoms with E-state index in [4.69, 9.17) is 16.6 Å². The van der Waals surface area contributed by atoms with Crippen LogP contribution in [0.2, 0.25) is 5.02 Å². The zero-order valence-corrected chi connectivity index (χ0v) is 21.0. The summed E-state index contributed by atoms with van der Waals surface area (Å²) in [5.74, 6) is 0.662. The van der Waals surface area contributed by atoms with Crippen molar-refractivity contribution in [3.05, 3.63) is 90.7 Å². The number of fused-ring (bicyclic) bond motifs is 1. The molecule has 0 aliphatic heterocycles. The molecule has 4 aromatic rings. The van der Waals surface area contributed by atoms with Crippen LogP contribution in [0.3, 0.4) is 0 Å². The molecule has 0 unspecified atom stereocenters. The Morgan fingerprint density at radius 2 is 1.88 bits per heavy atom. The Bertz CT molecular complexity index is 1430. The molecule has 0 atom stereocenters. The molecule has 7 heteroatoms. The summed E-state index contributed by atoms with van der Waals surface area (Å²) in [5, 5.41) is 5.85. The summed E-state index contributed by atoms with van der Waals surface area (Å²) in [6.07, 6.45) is 1.73. The van der Waals surface area contributed by atoms with Gasteiger partial charge in [-0.25, -0.2) is 4.98 Å². The van der Waals surface area contributed by atoms with Gasteiger partial charge in [0.15, 0.2) is 0 Å². The molecule has 0 saturated carbocycles. The Morgan fingerprint density at radius 3 is 2.59 bits per heavy atom. The van der Waals surface area contributed by atoms with Crippen molar-refractivity contribution in [2.24, 2.45) is 5.10 Å². The highest BCUT2D eigenvalue weighted by atomic mass is 79.9. The maximum atomic E-state index is 13.3. The highest BCUT2D eigenvalue weighted by Crippen LogP contribution is 2.27. The average molecular weight is 512 g/mol. The minimum absolute atomic E-state index is 0.0365. The molecule has 0 spiro atoms. The summed E-state index contributed by atoms with van der Waals surface area (Å²) in [7, 11) is 0. The van der Waals surface area contributed by atoms with Crippen molar-refractivity contribution in [2.45, 2.75) is 40.5 Å². The molecule has 2 heterocycles. The van der Waals surface area contributed by atoms with Gasteiger partial charge in [0.05, 0.1) is 17.1 Å². The molecule has 0 radical (unpaired) electrons. The Morgan fingerprint density at radius 1 is 1.12 bits per heavy atom. The first kappa shape index (κ1) is 22.5. The van der Waals surface area contributed by atoms with E-state index >= 15 is 0 Å². The number of hydrogen-bond donors (Lipinski definition) is 0. The lowest BCUT2D eigenvalue weighted by atomic mass is 10.2. The van der Waals surface area contributed by atoms with Crippen molar-refractivity contribution in [2.75, 3.05) is 0 Å². The van der Waals surface area contributed by atoms with E-state index in [1.807, 2.05) is 58.9 Å². The lowest BCUT2D eigenvalue weighted by molar-refractivity contribution is 0.665. The standard InChI is InChI=1S/C25H24BrClN4O/c1-14(2)24-29-22-10-9-19(26)12-20(22)25(32)31(24)28-13-18-11-15(3)30(17(18)5)23-8-6-7-21(27)16(23)4/h6-14H,1-5H3. The molecule has 0 fully saturated rings. The van der Waals surface area contributed by atoms with Gasteiger partial charge in [-0.2, -0.15) is 9.78 Å². The molecule has 0 N–H and O–H groups in total. The van der Waals surface area contributed by atoms with Crippen molar-refractivity contribution < 1.29 is 0 Å². The molecule has 0 aliphatic rings. The van der Waals surface area contributed by atoms with Crippen LogP contribution in [0.5, 0.6) is 0 Å². The second-order valence-electron chi connectivity index (χ2n) is 8.19. The van der Waals surface area contributed by atoms with E-state index in [2.05, 4.69) is 37.7 Å². The van der Waals surface area contributed by atoms with E-state index in [0.29, 0.717) is 16.7 Å². The Labute approximate surface area is 200 Å². The molecule has 2 aromatic carbocycles. The summed E-state index contributed by atoms with van der Waals surface area (Å²) in [6, 6.07) is 13.5. The SMILES string of the molecule is Cc1c(Cl)cccc1-n1c(C)cc(C=Nn2c(C(C)C)nc3ccc(Br)cc3c2=O)c1C. The van der Waals surface area contributed by atoms with E-state index < -0.39 is 0 Å². The first-order valence-corrected chi connectivity index (χ1v) is 11.6. The zero-order valence-electron chi connectivity index (χ0n) is 18.6. The molecule has 2 aromatic heterocycles. The molecule has 0 bridgehead atoms. The molecule has 0 aliphatic carbocycles. The van der Waals surface area contributed by atoms with Crippen LogP contribution in [0.4, 0.5) is 0 Å². The van der Waals surface area contributed by atoms with Gasteiger partial charge in [0.2, 0.25) is 0 Å². The van der Waals surface area contributed by atoms with Gasteiger partial charge >= 0.3 is 0 Å². The fourth-order valence-electron chi connectivity index (χ4n) is 3.90. The topological polar surface area (TPSA) is 52.2 Å². The van der Waals surface area contributed by atoms with Crippen LogP contribution in [0, 0.1) is 20.8 Å². The van der Waals surface area contributed by atoms with Crippen LogP contribution in [0.25, 0.3) is 16.6 Å². The van der Waals surface area contributed by atoms with Crippen molar-refractivity contribution >= 4 is 44.6 Å². The van der Waals surface area contributed by atoms with Crippen LogP contribution in [-0.4, -0.2) is 20.4 Å². The molecular weight excluding hydrogens is 488 g/mol. The summed E-state index contributed by atoms with van der Waals surface area (Å²) in [5.41, 5.74) is 5.54. The van der Waals surface area contributed by atoms with Gasteiger partial charge in [-0.05, 0) is 62.7 Å². The number of hydrogen-bond acceptors (Lipinski definition) is 3. The summed E-state index contributed by atoms with van der Waals surface area (Å²) in [4.78, 5) is 18.0. The maximum Gasteiger partial charge on any atom is 0.282 e. The number of nitrogens with zero attached hydrogens (tertiary/aromatic N) is 4. The second kappa shape index (κ2) is 8.68. The third-order valence-electron chi connectivity index (χ3n) is 5.61. The Balaban J connectivity index is 1.86. The molecule has 5 nitrogen and oxygen atoms in total. The summed E-state index contributed by atoms with van der Waals surface area (Å²) >= 11 is 9.79. The van der Waals surface area contributed by atoms with Crippen molar-refractivity contribution in [1.29, 1.82) is 0 Å². The minimum Gasteiger partial charge on any atom is -0.318 e. The number of rotatable bonds is 4. The summed E-state index contributed by atoms with van der Waals surface area (Å²) in [6.45, 7) is 10.1. The lowest BCUT2D eigenvalue weighted by Gasteiger charge is -2.14. The van der Waals surface area contributed by atoms with Gasteiger partial charge in [-0.3, -0.25) is 4.79 Å². The number of halogens is 2. The van der Waals surface area contributed by atoms with Crippen LogP contribution in [0.15, 0.2) is 56.8 Å². The normalized spacial score (nSPS) is 11.9. The van der Waals surface area contributed by atoms with Crippen LogP contribution < -0.4 is 5.56 Å². The molecule has 0 saturated heterocycles. The maximum absolute atomic E-state index is 13.3. The molecule has 4 rings (SSSR count). The van der Waals surface area contributed by atoms with Gasteiger partial charge < -0.3 is 4.57 Å². The van der Waals surface area contributed by atoms with Gasteiger partial charge in [0.25, 0.3) is 5.56 Å². The van der Waals surface area contributed by atoms with E-state index in [9.17, 15) is 4.79 Å². The molecule has 164 valence electrons. The fourth-order valence-corrected chi connectivity index (χ4v) is 4.43. The predicted molar refractivity (Wildman–Crippen MR) is 136 cm³/mol. The largest absolute Gasteiger partial charge is 0.318 e. The van der Waals surface area contributed by atoms with Gasteiger partial charge in [-0.1, -0.05) is 47.4 Å². The van der Waals surface area contributed by atoms with E-state index in [0.717, 1.165) is 37.7 Å². The van der Waals surface area contributed by atoms with Crippen molar-refractivity contribution in [3.8, 4) is 5.69 Å². The molecule has 0 amide bonds. The van der Waals surface area contributed by atoms with Crippen molar-refractivity contribution in [3.63, 3.8) is 0 Å². The van der Waals surface area contributed by atoms with Gasteiger partial charge in [-0.15, -0.1) is 0 Å².